The van der Waals surface area contributed by atoms with E-state index in [9.17, 15) is 9.13 Å². The largest absolute Gasteiger partial charge is 0.524 e. The first-order valence-electron chi connectivity index (χ1n) is 6.20. The van der Waals surface area contributed by atoms with E-state index < -0.39 is 22.3 Å². The molecule has 0 atom stereocenters. The van der Waals surface area contributed by atoms with Crippen molar-refractivity contribution in [2.75, 3.05) is 6.61 Å². The van der Waals surface area contributed by atoms with Crippen molar-refractivity contribution in [1.29, 1.82) is 0 Å². The van der Waals surface area contributed by atoms with Gasteiger partial charge in [0.25, 0.3) is 0 Å². The summed E-state index contributed by atoms with van der Waals surface area (Å²) in [5.41, 5.74) is 0.758. The monoisotopic (exact) mass is 364 g/mol. The topological polar surface area (TPSA) is 147 Å². The van der Waals surface area contributed by atoms with Crippen LogP contribution < -0.4 is 0 Å². The Hall–Kier alpha value is -1.44. The molecule has 0 bridgehead atoms. The van der Waals surface area contributed by atoms with Crippen LogP contribution in [0.4, 0.5) is 0 Å². The van der Waals surface area contributed by atoms with Crippen molar-refractivity contribution < 1.29 is 42.2 Å². The van der Waals surface area contributed by atoms with Gasteiger partial charge in [0.1, 0.15) is 17.1 Å². The number of aryl methyl sites for hydroxylation is 1. The summed E-state index contributed by atoms with van der Waals surface area (Å²) in [5.74, 6) is 0.299. The van der Waals surface area contributed by atoms with Crippen LogP contribution >= 0.6 is 15.6 Å². The lowest BCUT2D eigenvalue weighted by atomic mass is 10.1. The molecule has 1 heterocycles. The van der Waals surface area contributed by atoms with E-state index in [2.05, 4.69) is 9.05 Å². The number of hydrogen-bond acceptors (Lipinski definition) is 5. The maximum absolute atomic E-state index is 11.1. The van der Waals surface area contributed by atoms with Gasteiger partial charge in [0.2, 0.25) is 0 Å². The maximum atomic E-state index is 11.1. The van der Waals surface area contributed by atoms with Crippen molar-refractivity contribution in [1.82, 2.24) is 0 Å². The molecular formula is C12H14O9P2. The lowest BCUT2D eigenvalue weighted by Crippen LogP contribution is -1.95. The molecule has 1 aromatic heterocycles. The second-order valence-electron chi connectivity index (χ2n) is 4.51. The van der Waals surface area contributed by atoms with E-state index >= 15 is 0 Å². The highest BCUT2D eigenvalue weighted by Crippen LogP contribution is 2.44. The number of benzene rings is 1. The fourth-order valence-corrected chi connectivity index (χ4v) is 2.64. The molecular weight excluding hydrogens is 350 g/mol. The molecule has 0 unspecified atom stereocenters. The van der Waals surface area contributed by atoms with Crippen LogP contribution in [0.2, 0.25) is 0 Å². The quantitative estimate of drug-likeness (QED) is 0.448. The Kier molecular flexibility index (Phi) is 5.13. The van der Waals surface area contributed by atoms with Crippen LogP contribution in [-0.4, -0.2) is 26.2 Å². The summed E-state index contributed by atoms with van der Waals surface area (Å²) >= 11 is 0. The molecule has 0 saturated heterocycles. The van der Waals surface area contributed by atoms with Gasteiger partial charge in [-0.3, -0.25) is 14.3 Å². The molecule has 4 N–H and O–H groups in total. The van der Waals surface area contributed by atoms with Crippen LogP contribution in [-0.2, 0) is 18.2 Å². The molecule has 0 radical (unpaired) electrons. The van der Waals surface area contributed by atoms with Gasteiger partial charge in [-0.15, -0.1) is 0 Å². The second-order valence-corrected chi connectivity index (χ2v) is 6.91. The summed E-state index contributed by atoms with van der Waals surface area (Å²) in [6.45, 7) is 1.10. The zero-order chi connectivity index (χ0) is 17.3. The highest BCUT2D eigenvalue weighted by Gasteiger charge is 2.22. The minimum absolute atomic E-state index is 0.279. The molecule has 0 saturated carbocycles. The first-order valence-corrected chi connectivity index (χ1v) is 9.26. The fraction of sp³-hybridized carbons (Fsp3) is 0.167. The normalized spacial score (nSPS) is 13.5. The lowest BCUT2D eigenvalue weighted by molar-refractivity contribution is 0.215. The standard InChI is InChI=1S/C12H14O9P2/c1-8-7-10-9(3-2-4-11(10)20-8)12(21-23(16,17)18)5-6-19-22(13,14)15/h2-5,7H,6H2,1H3,(H2,13,14,15)(H2,16,17,18)/b12-5+. The van der Waals surface area contributed by atoms with E-state index in [4.69, 9.17) is 24.0 Å². The first-order chi connectivity index (χ1) is 10.6. The lowest BCUT2D eigenvalue weighted by Gasteiger charge is -2.12. The Labute approximate surface area is 130 Å². The van der Waals surface area contributed by atoms with Gasteiger partial charge in [0.15, 0.2) is 0 Å². The highest BCUT2D eigenvalue weighted by atomic mass is 31.2. The van der Waals surface area contributed by atoms with Gasteiger partial charge in [-0.1, -0.05) is 12.1 Å². The average Bonchev–Trinajstić information content (AvgIpc) is 2.74. The molecule has 0 aliphatic carbocycles. The van der Waals surface area contributed by atoms with Gasteiger partial charge in [0.05, 0.1) is 6.61 Å². The molecule has 9 nitrogen and oxygen atoms in total. The van der Waals surface area contributed by atoms with Crippen molar-refractivity contribution in [2.45, 2.75) is 6.92 Å². The van der Waals surface area contributed by atoms with Crippen molar-refractivity contribution in [3.8, 4) is 0 Å². The Bertz CT molecular complexity index is 826. The predicted molar refractivity (Wildman–Crippen MR) is 80.1 cm³/mol. The van der Waals surface area contributed by atoms with Gasteiger partial charge in [0, 0.05) is 10.9 Å². The van der Waals surface area contributed by atoms with Crippen molar-refractivity contribution in [2.24, 2.45) is 0 Å². The SMILES string of the molecule is Cc1cc2c(/C(=C\COP(=O)(O)O)OP(=O)(O)O)cccc2o1. The zero-order valence-corrected chi connectivity index (χ0v) is 13.6. The average molecular weight is 364 g/mol. The van der Waals surface area contributed by atoms with Crippen LogP contribution in [0.5, 0.6) is 0 Å². The van der Waals surface area contributed by atoms with Crippen LogP contribution in [0.1, 0.15) is 11.3 Å². The van der Waals surface area contributed by atoms with Gasteiger partial charge < -0.3 is 18.7 Å². The van der Waals surface area contributed by atoms with Crippen molar-refractivity contribution >= 4 is 32.4 Å². The van der Waals surface area contributed by atoms with Crippen molar-refractivity contribution in [3.05, 3.63) is 41.7 Å². The summed E-state index contributed by atoms with van der Waals surface area (Å²) in [6, 6.07) is 6.41. The third-order valence-corrected chi connectivity index (χ3v) is 3.60. The Morgan fingerprint density at radius 1 is 1.22 bits per heavy atom. The van der Waals surface area contributed by atoms with Crippen LogP contribution in [0.15, 0.2) is 34.8 Å². The van der Waals surface area contributed by atoms with E-state index in [1.54, 1.807) is 25.1 Å². The molecule has 11 heteroatoms. The van der Waals surface area contributed by atoms with Gasteiger partial charge >= 0.3 is 15.6 Å². The molecule has 2 rings (SSSR count). The third kappa shape index (κ3) is 5.30. The van der Waals surface area contributed by atoms with Gasteiger partial charge in [-0.05, 0) is 25.1 Å². The van der Waals surface area contributed by atoms with E-state index in [1.165, 1.54) is 6.07 Å². The summed E-state index contributed by atoms with van der Waals surface area (Å²) in [5, 5.41) is 0.529. The zero-order valence-electron chi connectivity index (χ0n) is 11.8. The molecule has 0 fully saturated rings. The minimum Gasteiger partial charge on any atom is -0.461 e. The van der Waals surface area contributed by atoms with Gasteiger partial charge in [-0.25, -0.2) is 9.13 Å². The molecule has 2 aromatic rings. The summed E-state index contributed by atoms with van der Waals surface area (Å²) in [4.78, 5) is 35.4. The number of phosphoric ester groups is 2. The number of furan rings is 1. The Morgan fingerprint density at radius 2 is 1.91 bits per heavy atom. The van der Waals surface area contributed by atoms with Gasteiger partial charge in [-0.2, -0.15) is 0 Å². The smallest absolute Gasteiger partial charge is 0.461 e. The third-order valence-electron chi connectivity index (χ3n) is 2.68. The van der Waals surface area contributed by atoms with Crippen LogP contribution in [0.25, 0.3) is 16.7 Å². The van der Waals surface area contributed by atoms with E-state index in [0.29, 0.717) is 16.7 Å². The number of hydrogen-bond donors (Lipinski definition) is 4. The number of phosphoric acid groups is 2. The van der Waals surface area contributed by atoms with Crippen LogP contribution in [0.3, 0.4) is 0 Å². The summed E-state index contributed by atoms with van der Waals surface area (Å²) < 4.78 is 36.1. The Morgan fingerprint density at radius 3 is 2.52 bits per heavy atom. The molecule has 0 aliphatic heterocycles. The molecule has 0 spiro atoms. The van der Waals surface area contributed by atoms with E-state index in [1.807, 2.05) is 0 Å². The number of fused-ring (bicyclic) bond motifs is 1. The molecule has 126 valence electrons. The van der Waals surface area contributed by atoms with E-state index in [-0.39, 0.29) is 11.3 Å². The molecule has 1 aromatic carbocycles. The summed E-state index contributed by atoms with van der Waals surface area (Å²) in [6.07, 6.45) is 1.02. The first kappa shape index (κ1) is 17.9. The van der Waals surface area contributed by atoms with Crippen molar-refractivity contribution in [3.63, 3.8) is 0 Å². The highest BCUT2D eigenvalue weighted by molar-refractivity contribution is 7.46. The number of rotatable bonds is 6. The fourth-order valence-electron chi connectivity index (χ4n) is 1.94. The minimum atomic E-state index is -4.89. The summed E-state index contributed by atoms with van der Waals surface area (Å²) in [7, 11) is -9.61. The molecule has 23 heavy (non-hydrogen) atoms. The predicted octanol–water partition coefficient (Wildman–Crippen LogP) is 2.30. The maximum Gasteiger partial charge on any atom is 0.524 e. The second kappa shape index (κ2) is 6.59. The van der Waals surface area contributed by atoms with Crippen LogP contribution in [0, 0.1) is 6.92 Å². The van der Waals surface area contributed by atoms with E-state index in [0.717, 1.165) is 6.08 Å². The Balaban J connectivity index is 2.45. The molecule has 0 amide bonds. The molecule has 0 aliphatic rings.